The number of nitrogens with zero attached hydrogens (tertiary/aromatic N) is 2. The van der Waals surface area contributed by atoms with Gasteiger partial charge in [-0.3, -0.25) is 4.79 Å². The van der Waals surface area contributed by atoms with E-state index in [1.165, 1.54) is 19.2 Å². The van der Waals surface area contributed by atoms with Gasteiger partial charge >= 0.3 is 11.9 Å². The molecule has 1 aliphatic rings. The molecule has 0 saturated carbocycles. The van der Waals surface area contributed by atoms with Crippen LogP contribution in [0.3, 0.4) is 0 Å². The van der Waals surface area contributed by atoms with Gasteiger partial charge in [0.1, 0.15) is 0 Å². The molecule has 132 valence electrons. The maximum atomic E-state index is 12.4. The average molecular weight is 352 g/mol. The molecule has 0 aliphatic carbocycles. The molecule has 0 radical (unpaired) electrons. The van der Waals surface area contributed by atoms with Gasteiger partial charge in [0.2, 0.25) is 0 Å². The number of carbonyl (C=O) groups is 3. The normalized spacial score (nSPS) is 13.4. The molecule has 0 unspecified atom stereocenters. The third kappa shape index (κ3) is 3.32. The third-order valence-electron chi connectivity index (χ3n) is 3.90. The Morgan fingerprint density at radius 1 is 0.962 bits per heavy atom. The number of amides is 1. The maximum Gasteiger partial charge on any atom is 0.337 e. The Kier molecular flexibility index (Phi) is 4.79. The lowest BCUT2D eigenvalue weighted by Crippen LogP contribution is -2.19. The van der Waals surface area contributed by atoms with Crippen LogP contribution in [0.5, 0.6) is 0 Å². The lowest BCUT2D eigenvalue weighted by molar-refractivity contribution is -0.116. The molecule has 0 saturated heterocycles. The second-order valence-electron chi connectivity index (χ2n) is 5.54. The Bertz CT molecular complexity index is 920. The van der Waals surface area contributed by atoms with E-state index in [0.717, 1.165) is 0 Å². The fraction of sp³-hybridized carbons (Fsp3) is 0.158. The molecule has 26 heavy (non-hydrogen) atoms. The van der Waals surface area contributed by atoms with Gasteiger partial charge in [0.25, 0.3) is 5.91 Å². The molecule has 2 aromatic carbocycles. The standard InChI is InChI=1S/C19H16N2O5/c1-25-18(23)13-6-3-5-12(9-13)16-11-17(22)21(20-16)15-8-4-7-14(10-15)19(24)26-2/h3-10H,11H2,1-2H3. The number of benzene rings is 2. The van der Waals surface area contributed by atoms with E-state index in [0.29, 0.717) is 28.1 Å². The van der Waals surface area contributed by atoms with Crippen molar-refractivity contribution in [3.8, 4) is 0 Å². The summed E-state index contributed by atoms with van der Waals surface area (Å²) in [5.74, 6) is -1.18. The van der Waals surface area contributed by atoms with Crippen molar-refractivity contribution in [1.29, 1.82) is 0 Å². The number of ether oxygens (including phenoxy) is 2. The Labute approximate surface area is 149 Å². The van der Waals surface area contributed by atoms with Gasteiger partial charge in [-0.25, -0.2) is 14.6 Å². The first-order chi connectivity index (χ1) is 12.5. The predicted octanol–water partition coefficient (Wildman–Crippen LogP) is 2.40. The molecule has 1 aliphatic heterocycles. The number of carbonyl (C=O) groups excluding carboxylic acids is 3. The van der Waals surface area contributed by atoms with Gasteiger partial charge < -0.3 is 9.47 Å². The molecular weight excluding hydrogens is 336 g/mol. The molecule has 7 nitrogen and oxygen atoms in total. The summed E-state index contributed by atoms with van der Waals surface area (Å²) in [4.78, 5) is 35.7. The first-order valence-corrected chi connectivity index (χ1v) is 7.81. The van der Waals surface area contributed by atoms with Gasteiger partial charge in [0.05, 0.1) is 43.2 Å². The van der Waals surface area contributed by atoms with Crippen molar-refractivity contribution < 1.29 is 23.9 Å². The average Bonchev–Trinajstić information content (AvgIpc) is 3.08. The highest BCUT2D eigenvalue weighted by Crippen LogP contribution is 2.24. The fourth-order valence-electron chi connectivity index (χ4n) is 2.62. The summed E-state index contributed by atoms with van der Waals surface area (Å²) in [5.41, 5.74) is 2.37. The zero-order valence-electron chi connectivity index (χ0n) is 14.3. The number of hydrogen-bond acceptors (Lipinski definition) is 6. The summed E-state index contributed by atoms with van der Waals surface area (Å²) in [5, 5.41) is 5.60. The largest absolute Gasteiger partial charge is 0.465 e. The fourth-order valence-corrected chi connectivity index (χ4v) is 2.62. The van der Waals surface area contributed by atoms with Crippen molar-refractivity contribution in [2.24, 2.45) is 5.10 Å². The molecular formula is C19H16N2O5. The number of hydrogen-bond donors (Lipinski definition) is 0. The van der Waals surface area contributed by atoms with Gasteiger partial charge in [-0.15, -0.1) is 0 Å². The van der Waals surface area contributed by atoms with Crippen LogP contribution in [0.4, 0.5) is 5.69 Å². The van der Waals surface area contributed by atoms with E-state index in [1.807, 2.05) is 0 Å². The molecule has 2 aromatic rings. The minimum Gasteiger partial charge on any atom is -0.465 e. The zero-order valence-corrected chi connectivity index (χ0v) is 14.3. The molecule has 3 rings (SSSR count). The van der Waals surface area contributed by atoms with Crippen LogP contribution in [0.1, 0.15) is 32.7 Å². The number of hydrazone groups is 1. The van der Waals surface area contributed by atoms with Gasteiger partial charge in [-0.1, -0.05) is 18.2 Å². The molecule has 7 heteroatoms. The lowest BCUT2D eigenvalue weighted by Gasteiger charge is -2.12. The summed E-state index contributed by atoms with van der Waals surface area (Å²) in [6.45, 7) is 0. The summed E-state index contributed by atoms with van der Waals surface area (Å²) >= 11 is 0. The van der Waals surface area contributed by atoms with Crippen LogP contribution in [0.2, 0.25) is 0 Å². The predicted molar refractivity (Wildman–Crippen MR) is 94.2 cm³/mol. The van der Waals surface area contributed by atoms with E-state index in [4.69, 9.17) is 9.47 Å². The molecule has 0 bridgehead atoms. The monoisotopic (exact) mass is 352 g/mol. The van der Waals surface area contributed by atoms with Gasteiger partial charge in [-0.2, -0.15) is 5.10 Å². The Hall–Kier alpha value is -3.48. The highest BCUT2D eigenvalue weighted by atomic mass is 16.5. The van der Waals surface area contributed by atoms with Crippen LogP contribution in [-0.2, 0) is 14.3 Å². The van der Waals surface area contributed by atoms with E-state index in [2.05, 4.69) is 5.10 Å². The molecule has 0 N–H and O–H groups in total. The molecule has 0 aromatic heterocycles. The molecule has 1 amide bonds. The Morgan fingerprint density at radius 2 is 1.58 bits per heavy atom. The minimum absolute atomic E-state index is 0.0904. The van der Waals surface area contributed by atoms with E-state index in [9.17, 15) is 14.4 Å². The minimum atomic E-state index is -0.492. The lowest BCUT2D eigenvalue weighted by atomic mass is 10.0. The van der Waals surface area contributed by atoms with Gasteiger partial charge in [0, 0.05) is 0 Å². The SMILES string of the molecule is COC(=O)c1cccc(C2=NN(c3cccc(C(=O)OC)c3)C(=O)C2)c1. The van der Waals surface area contributed by atoms with Crippen molar-refractivity contribution in [3.05, 3.63) is 65.2 Å². The first kappa shape index (κ1) is 17.3. The van der Waals surface area contributed by atoms with Crippen LogP contribution >= 0.6 is 0 Å². The number of methoxy groups -OCH3 is 2. The highest BCUT2D eigenvalue weighted by Gasteiger charge is 2.27. The second-order valence-corrected chi connectivity index (χ2v) is 5.54. The summed E-state index contributed by atoms with van der Waals surface area (Å²) in [7, 11) is 2.60. The number of esters is 2. The molecule has 0 spiro atoms. The highest BCUT2D eigenvalue weighted by molar-refractivity contribution is 6.19. The van der Waals surface area contributed by atoms with Crippen LogP contribution < -0.4 is 5.01 Å². The second kappa shape index (κ2) is 7.18. The van der Waals surface area contributed by atoms with Gasteiger partial charge in [-0.05, 0) is 35.9 Å². The molecule has 1 heterocycles. The van der Waals surface area contributed by atoms with Crippen LogP contribution in [0, 0.1) is 0 Å². The van der Waals surface area contributed by atoms with Crippen LogP contribution in [-0.4, -0.2) is 37.8 Å². The molecule has 0 fully saturated rings. The van der Waals surface area contributed by atoms with Crippen molar-refractivity contribution in [2.75, 3.05) is 19.2 Å². The van der Waals surface area contributed by atoms with E-state index < -0.39 is 11.9 Å². The van der Waals surface area contributed by atoms with Crippen molar-refractivity contribution in [2.45, 2.75) is 6.42 Å². The summed E-state index contributed by atoms with van der Waals surface area (Å²) in [6.07, 6.45) is 0.0904. The maximum absolute atomic E-state index is 12.4. The number of rotatable bonds is 4. The topological polar surface area (TPSA) is 85.3 Å². The van der Waals surface area contributed by atoms with Crippen molar-refractivity contribution >= 4 is 29.2 Å². The Morgan fingerprint density at radius 3 is 2.23 bits per heavy atom. The quantitative estimate of drug-likeness (QED) is 0.789. The Balaban J connectivity index is 1.93. The summed E-state index contributed by atoms with van der Waals surface area (Å²) < 4.78 is 9.41. The van der Waals surface area contributed by atoms with Crippen molar-refractivity contribution in [1.82, 2.24) is 0 Å². The van der Waals surface area contributed by atoms with E-state index >= 15 is 0 Å². The number of anilines is 1. The molecule has 0 atom stereocenters. The van der Waals surface area contributed by atoms with E-state index in [1.54, 1.807) is 48.5 Å². The van der Waals surface area contributed by atoms with Gasteiger partial charge in [0.15, 0.2) is 0 Å². The smallest absolute Gasteiger partial charge is 0.337 e. The first-order valence-electron chi connectivity index (χ1n) is 7.81. The van der Waals surface area contributed by atoms with Crippen LogP contribution in [0.25, 0.3) is 0 Å². The van der Waals surface area contributed by atoms with E-state index in [-0.39, 0.29) is 12.3 Å². The third-order valence-corrected chi connectivity index (χ3v) is 3.90. The van der Waals surface area contributed by atoms with Crippen LogP contribution in [0.15, 0.2) is 53.6 Å². The summed E-state index contributed by atoms with van der Waals surface area (Å²) in [6, 6.07) is 13.2. The van der Waals surface area contributed by atoms with Crippen molar-refractivity contribution in [3.63, 3.8) is 0 Å². The zero-order chi connectivity index (χ0) is 18.7.